The van der Waals surface area contributed by atoms with Crippen LogP contribution in [0.25, 0.3) is 0 Å². The molecule has 0 saturated heterocycles. The second kappa shape index (κ2) is 6.05. The fourth-order valence-corrected chi connectivity index (χ4v) is 0.729. The molecule has 0 amide bonds. The lowest BCUT2D eigenvalue weighted by molar-refractivity contribution is 0.578. The van der Waals surface area contributed by atoms with Crippen molar-refractivity contribution < 1.29 is 0 Å². The highest BCUT2D eigenvalue weighted by Gasteiger charge is 1.92. The Hall–Kier alpha value is -0.0800. The van der Waals surface area contributed by atoms with Gasteiger partial charge in [-0.05, 0) is 12.8 Å². The zero-order valence-corrected chi connectivity index (χ0v) is 6.14. The lowest BCUT2D eigenvalue weighted by Crippen LogP contribution is -2.29. The van der Waals surface area contributed by atoms with E-state index in [1.54, 1.807) is 0 Å². The molecule has 0 heterocycles. The van der Waals surface area contributed by atoms with Crippen LogP contribution in [0, 0.1) is 6.42 Å². The van der Waals surface area contributed by atoms with Crippen molar-refractivity contribution in [2.45, 2.75) is 38.8 Å². The zero-order valence-electron chi connectivity index (χ0n) is 6.14. The minimum atomic E-state index is -0.109. The van der Waals surface area contributed by atoms with Crippen LogP contribution in [0.15, 0.2) is 0 Å². The summed E-state index contributed by atoms with van der Waals surface area (Å²) in [6, 6.07) is 0. The molecule has 0 aromatic heterocycles. The van der Waals surface area contributed by atoms with E-state index in [2.05, 4.69) is 13.3 Å². The molecule has 55 valence electrons. The molecule has 4 N–H and O–H groups in total. The van der Waals surface area contributed by atoms with Gasteiger partial charge in [-0.3, -0.25) is 0 Å². The Labute approximate surface area is 57.6 Å². The van der Waals surface area contributed by atoms with E-state index in [1.165, 1.54) is 12.8 Å². The van der Waals surface area contributed by atoms with Crippen LogP contribution in [-0.2, 0) is 0 Å². The Morgan fingerprint density at radius 1 is 1.33 bits per heavy atom. The van der Waals surface area contributed by atoms with Gasteiger partial charge < -0.3 is 11.5 Å². The van der Waals surface area contributed by atoms with E-state index < -0.39 is 0 Å². The predicted octanol–water partition coefficient (Wildman–Crippen LogP) is 1.01. The van der Waals surface area contributed by atoms with E-state index in [4.69, 9.17) is 11.5 Å². The Morgan fingerprint density at radius 2 is 2.00 bits per heavy atom. The molecule has 0 aliphatic carbocycles. The maximum atomic E-state index is 5.34. The molecule has 2 heteroatoms. The highest BCUT2D eigenvalue weighted by atomic mass is 14.8. The third-order valence-corrected chi connectivity index (χ3v) is 1.28. The summed E-state index contributed by atoms with van der Waals surface area (Å²) >= 11 is 0. The normalized spacial score (nSPS) is 10.7. The maximum absolute atomic E-state index is 5.34. The van der Waals surface area contributed by atoms with Gasteiger partial charge in [0.15, 0.2) is 0 Å². The van der Waals surface area contributed by atoms with E-state index in [0.29, 0.717) is 0 Å². The molecule has 0 aromatic carbocycles. The first kappa shape index (κ1) is 8.92. The molecular weight excluding hydrogens is 112 g/mol. The number of nitrogens with two attached hydrogens (primary N) is 2. The van der Waals surface area contributed by atoms with Gasteiger partial charge in [-0.25, -0.2) is 0 Å². The summed E-state index contributed by atoms with van der Waals surface area (Å²) < 4.78 is 0. The molecule has 0 saturated carbocycles. The highest BCUT2D eigenvalue weighted by molar-refractivity contribution is 4.57. The minimum absolute atomic E-state index is 0.109. The molecule has 2 nitrogen and oxygen atoms in total. The van der Waals surface area contributed by atoms with Crippen LogP contribution in [-0.4, -0.2) is 6.17 Å². The molecule has 0 aliphatic heterocycles. The first-order valence-corrected chi connectivity index (χ1v) is 3.56. The fourth-order valence-electron chi connectivity index (χ4n) is 0.729. The smallest absolute Gasteiger partial charge is 0.0520 e. The number of unbranched alkanes of at least 4 members (excludes halogenated alkanes) is 3. The Balaban J connectivity index is 2.75. The number of rotatable bonds is 5. The van der Waals surface area contributed by atoms with E-state index in [1.807, 2.05) is 0 Å². The monoisotopic (exact) mass is 129 g/mol. The highest BCUT2D eigenvalue weighted by Crippen LogP contribution is 2.00. The first-order valence-electron chi connectivity index (χ1n) is 3.56. The van der Waals surface area contributed by atoms with Crippen molar-refractivity contribution in [1.82, 2.24) is 0 Å². The van der Waals surface area contributed by atoms with E-state index >= 15 is 0 Å². The molecule has 0 aromatic rings. The van der Waals surface area contributed by atoms with Crippen molar-refractivity contribution in [2.75, 3.05) is 0 Å². The van der Waals surface area contributed by atoms with Crippen LogP contribution in [0.1, 0.15) is 32.6 Å². The molecule has 0 unspecified atom stereocenters. The lowest BCUT2D eigenvalue weighted by Gasteiger charge is -2.02. The summed E-state index contributed by atoms with van der Waals surface area (Å²) in [5.74, 6) is 0. The van der Waals surface area contributed by atoms with Crippen LogP contribution >= 0.6 is 0 Å². The van der Waals surface area contributed by atoms with Gasteiger partial charge in [-0.15, -0.1) is 0 Å². The summed E-state index contributed by atoms with van der Waals surface area (Å²) in [5.41, 5.74) is 10.7. The van der Waals surface area contributed by atoms with Crippen LogP contribution in [0.3, 0.4) is 0 Å². The topological polar surface area (TPSA) is 52.0 Å². The summed E-state index contributed by atoms with van der Waals surface area (Å²) in [4.78, 5) is 0. The summed E-state index contributed by atoms with van der Waals surface area (Å²) in [6.07, 6.45) is 6.58. The number of hydrogen-bond acceptors (Lipinski definition) is 2. The molecule has 0 bridgehead atoms. The van der Waals surface area contributed by atoms with Gasteiger partial charge in [0.1, 0.15) is 0 Å². The second-order valence-electron chi connectivity index (χ2n) is 2.36. The van der Waals surface area contributed by atoms with Crippen LogP contribution in [0.4, 0.5) is 0 Å². The largest absolute Gasteiger partial charge is 0.316 e. The Bertz CT molecular complexity index is 52.9. The van der Waals surface area contributed by atoms with E-state index in [9.17, 15) is 0 Å². The Kier molecular flexibility index (Phi) is 5.99. The SMILES string of the molecule is C[CH]CCCCC(N)N. The molecule has 9 heavy (non-hydrogen) atoms. The standard InChI is InChI=1S/C7H17N2/c1-2-3-4-5-6-7(8)9/h2,7H,3-6,8-9H2,1H3. The fraction of sp³-hybridized carbons (Fsp3) is 0.857. The average molecular weight is 129 g/mol. The molecule has 0 aliphatic rings. The van der Waals surface area contributed by atoms with Crippen molar-refractivity contribution in [3.05, 3.63) is 6.42 Å². The molecule has 0 rings (SSSR count). The predicted molar refractivity (Wildman–Crippen MR) is 40.6 cm³/mol. The van der Waals surface area contributed by atoms with Crippen LogP contribution in [0.2, 0.25) is 0 Å². The van der Waals surface area contributed by atoms with Gasteiger partial charge in [0.25, 0.3) is 0 Å². The van der Waals surface area contributed by atoms with Gasteiger partial charge >= 0.3 is 0 Å². The zero-order chi connectivity index (χ0) is 7.11. The van der Waals surface area contributed by atoms with Crippen molar-refractivity contribution in [2.24, 2.45) is 11.5 Å². The van der Waals surface area contributed by atoms with Gasteiger partial charge in [-0.1, -0.05) is 26.2 Å². The van der Waals surface area contributed by atoms with Crippen molar-refractivity contribution in [3.63, 3.8) is 0 Å². The van der Waals surface area contributed by atoms with Crippen molar-refractivity contribution in [3.8, 4) is 0 Å². The molecule has 0 atom stereocenters. The number of hydrogen-bond donors (Lipinski definition) is 2. The summed E-state index contributed by atoms with van der Waals surface area (Å²) in [6.45, 7) is 2.07. The molecule has 0 spiro atoms. The van der Waals surface area contributed by atoms with Gasteiger partial charge in [0, 0.05) is 0 Å². The summed E-state index contributed by atoms with van der Waals surface area (Å²) in [5, 5.41) is 0. The molecule has 1 radical (unpaired) electrons. The second-order valence-corrected chi connectivity index (χ2v) is 2.36. The van der Waals surface area contributed by atoms with Crippen molar-refractivity contribution in [1.29, 1.82) is 0 Å². The van der Waals surface area contributed by atoms with Crippen LogP contribution < -0.4 is 11.5 Å². The van der Waals surface area contributed by atoms with E-state index in [0.717, 1.165) is 12.8 Å². The molecular formula is C7H17N2. The third kappa shape index (κ3) is 7.92. The van der Waals surface area contributed by atoms with Crippen molar-refractivity contribution >= 4 is 0 Å². The van der Waals surface area contributed by atoms with Crippen LogP contribution in [0.5, 0.6) is 0 Å². The summed E-state index contributed by atoms with van der Waals surface area (Å²) in [7, 11) is 0. The maximum Gasteiger partial charge on any atom is 0.0520 e. The van der Waals surface area contributed by atoms with Gasteiger partial charge in [0.05, 0.1) is 6.17 Å². The van der Waals surface area contributed by atoms with Gasteiger partial charge in [-0.2, -0.15) is 0 Å². The van der Waals surface area contributed by atoms with Gasteiger partial charge in [0.2, 0.25) is 0 Å². The quantitative estimate of drug-likeness (QED) is 0.430. The Morgan fingerprint density at radius 3 is 2.44 bits per heavy atom. The minimum Gasteiger partial charge on any atom is -0.316 e. The average Bonchev–Trinajstić information content (AvgIpc) is 1.80. The lowest BCUT2D eigenvalue weighted by atomic mass is 10.1. The third-order valence-electron chi connectivity index (χ3n) is 1.28. The first-order chi connectivity index (χ1) is 4.27. The molecule has 0 fully saturated rings. The van der Waals surface area contributed by atoms with E-state index in [-0.39, 0.29) is 6.17 Å².